The van der Waals surface area contributed by atoms with E-state index in [1.54, 1.807) is 0 Å². The van der Waals surface area contributed by atoms with Gasteiger partial charge in [-0.1, -0.05) is 32.4 Å². The first-order valence-electron chi connectivity index (χ1n) is 3.66. The van der Waals surface area contributed by atoms with Crippen molar-refractivity contribution in [1.29, 1.82) is 0 Å². The second-order valence-electron chi connectivity index (χ2n) is 3.55. The van der Waals surface area contributed by atoms with Gasteiger partial charge in [-0.05, 0) is 0 Å². The van der Waals surface area contributed by atoms with E-state index in [1.165, 1.54) is 7.11 Å². The molecule has 0 spiro atoms. The standard InChI is InChI=1S/C8H12ClNO2/c1-8(2,3)5-6(9)10-7(11-4)12-5/h1-4H3. The van der Waals surface area contributed by atoms with E-state index in [0.717, 1.165) is 0 Å². The fourth-order valence-electron chi connectivity index (χ4n) is 0.833. The number of ether oxygens (including phenoxy) is 1. The molecule has 12 heavy (non-hydrogen) atoms. The molecule has 1 heterocycles. The van der Waals surface area contributed by atoms with E-state index >= 15 is 0 Å². The Morgan fingerprint density at radius 2 is 2.00 bits per heavy atom. The third-order valence-corrected chi connectivity index (χ3v) is 1.68. The van der Waals surface area contributed by atoms with Crippen LogP contribution in [-0.4, -0.2) is 12.1 Å². The number of hydrogen-bond acceptors (Lipinski definition) is 3. The highest BCUT2D eigenvalue weighted by Gasteiger charge is 2.24. The van der Waals surface area contributed by atoms with Gasteiger partial charge in [-0.15, -0.1) is 0 Å². The summed E-state index contributed by atoms with van der Waals surface area (Å²) in [5, 5.41) is 0.374. The van der Waals surface area contributed by atoms with Crippen LogP contribution in [0.25, 0.3) is 0 Å². The first kappa shape index (κ1) is 9.39. The summed E-state index contributed by atoms with van der Waals surface area (Å²) in [5.74, 6) is 0.654. The van der Waals surface area contributed by atoms with Crippen molar-refractivity contribution in [3.05, 3.63) is 10.9 Å². The monoisotopic (exact) mass is 189 g/mol. The maximum absolute atomic E-state index is 5.82. The third kappa shape index (κ3) is 1.72. The molecule has 0 aromatic carbocycles. The SMILES string of the molecule is COc1nc(Cl)c(C(C)(C)C)o1. The molecule has 1 rings (SSSR count). The van der Waals surface area contributed by atoms with Gasteiger partial charge in [-0.25, -0.2) is 0 Å². The summed E-state index contributed by atoms with van der Waals surface area (Å²) in [6, 6.07) is 0. The normalized spacial score (nSPS) is 11.8. The molecule has 0 aliphatic heterocycles. The Balaban J connectivity index is 3.08. The minimum atomic E-state index is -0.138. The zero-order valence-electron chi connectivity index (χ0n) is 7.64. The molecule has 0 bridgehead atoms. The van der Waals surface area contributed by atoms with Crippen LogP contribution in [0.4, 0.5) is 0 Å². The average molecular weight is 190 g/mol. The highest BCUT2D eigenvalue weighted by Crippen LogP contribution is 2.32. The Morgan fingerprint density at radius 1 is 1.42 bits per heavy atom. The van der Waals surface area contributed by atoms with Gasteiger partial charge in [0.1, 0.15) is 0 Å². The fourth-order valence-corrected chi connectivity index (χ4v) is 1.22. The predicted octanol–water partition coefficient (Wildman–Crippen LogP) is 2.63. The van der Waals surface area contributed by atoms with Gasteiger partial charge >= 0.3 is 6.08 Å². The molecule has 3 nitrogen and oxygen atoms in total. The molecule has 1 aromatic heterocycles. The van der Waals surface area contributed by atoms with Gasteiger partial charge in [0.15, 0.2) is 10.9 Å². The predicted molar refractivity (Wildman–Crippen MR) is 46.8 cm³/mol. The lowest BCUT2D eigenvalue weighted by molar-refractivity contribution is 0.266. The fraction of sp³-hybridized carbons (Fsp3) is 0.625. The highest BCUT2D eigenvalue weighted by molar-refractivity contribution is 6.30. The zero-order valence-corrected chi connectivity index (χ0v) is 8.40. The maximum atomic E-state index is 5.82. The maximum Gasteiger partial charge on any atom is 0.394 e. The molecule has 0 fully saturated rings. The summed E-state index contributed by atoms with van der Waals surface area (Å²) >= 11 is 5.82. The van der Waals surface area contributed by atoms with E-state index in [0.29, 0.717) is 10.9 Å². The molecule has 0 unspecified atom stereocenters. The van der Waals surface area contributed by atoms with Crippen molar-refractivity contribution in [2.45, 2.75) is 26.2 Å². The van der Waals surface area contributed by atoms with E-state index in [4.69, 9.17) is 20.8 Å². The number of rotatable bonds is 1. The molecular formula is C8H12ClNO2. The van der Waals surface area contributed by atoms with Crippen LogP contribution in [-0.2, 0) is 5.41 Å². The van der Waals surface area contributed by atoms with Crippen molar-refractivity contribution >= 4 is 11.6 Å². The van der Waals surface area contributed by atoms with E-state index in [1.807, 2.05) is 20.8 Å². The van der Waals surface area contributed by atoms with Crippen molar-refractivity contribution in [3.8, 4) is 6.08 Å². The Labute approximate surface area is 76.7 Å². The summed E-state index contributed by atoms with van der Waals surface area (Å²) in [5.41, 5.74) is -0.138. The van der Waals surface area contributed by atoms with Gasteiger partial charge in [0.25, 0.3) is 0 Å². The molecule has 0 aliphatic carbocycles. The number of methoxy groups -OCH3 is 1. The minimum Gasteiger partial charge on any atom is -0.453 e. The summed E-state index contributed by atoms with van der Waals surface area (Å²) in [7, 11) is 1.49. The Morgan fingerprint density at radius 3 is 2.25 bits per heavy atom. The summed E-state index contributed by atoms with van der Waals surface area (Å²) in [6.45, 7) is 6.00. The molecule has 1 aromatic rings. The number of hydrogen-bond donors (Lipinski definition) is 0. The lowest BCUT2D eigenvalue weighted by Crippen LogP contribution is -2.10. The molecule has 0 radical (unpaired) electrons. The van der Waals surface area contributed by atoms with E-state index < -0.39 is 0 Å². The average Bonchev–Trinajstić information content (AvgIpc) is 2.29. The van der Waals surface area contributed by atoms with Crippen LogP contribution >= 0.6 is 11.6 Å². The van der Waals surface area contributed by atoms with Crippen LogP contribution in [0.5, 0.6) is 6.08 Å². The Hall–Kier alpha value is -0.700. The Bertz CT molecular complexity index is 275. The summed E-state index contributed by atoms with van der Waals surface area (Å²) < 4.78 is 10.1. The lowest BCUT2D eigenvalue weighted by atomic mass is 9.94. The van der Waals surface area contributed by atoms with E-state index in [2.05, 4.69) is 4.98 Å². The van der Waals surface area contributed by atoms with E-state index in [-0.39, 0.29) is 11.5 Å². The van der Waals surface area contributed by atoms with Crippen LogP contribution < -0.4 is 4.74 Å². The highest BCUT2D eigenvalue weighted by atomic mass is 35.5. The van der Waals surface area contributed by atoms with Gasteiger partial charge in [0.2, 0.25) is 0 Å². The Kier molecular flexibility index (Phi) is 2.33. The second kappa shape index (κ2) is 2.98. The molecule has 0 atom stereocenters. The zero-order chi connectivity index (χ0) is 9.35. The largest absolute Gasteiger partial charge is 0.453 e. The molecule has 0 saturated heterocycles. The van der Waals surface area contributed by atoms with Crippen molar-refractivity contribution in [2.75, 3.05) is 7.11 Å². The third-order valence-electron chi connectivity index (χ3n) is 1.42. The number of aromatic nitrogens is 1. The van der Waals surface area contributed by atoms with Crippen LogP contribution in [0.1, 0.15) is 26.5 Å². The van der Waals surface area contributed by atoms with Crippen molar-refractivity contribution < 1.29 is 9.15 Å². The van der Waals surface area contributed by atoms with Crippen molar-refractivity contribution in [2.24, 2.45) is 0 Å². The lowest BCUT2D eigenvalue weighted by Gasteiger charge is -2.13. The van der Waals surface area contributed by atoms with Gasteiger partial charge in [-0.2, -0.15) is 4.98 Å². The van der Waals surface area contributed by atoms with Gasteiger partial charge in [-0.3, -0.25) is 0 Å². The molecule has 4 heteroatoms. The molecule has 0 aliphatic rings. The second-order valence-corrected chi connectivity index (χ2v) is 3.91. The number of oxazole rings is 1. The smallest absolute Gasteiger partial charge is 0.394 e. The van der Waals surface area contributed by atoms with Crippen LogP contribution in [0.15, 0.2) is 4.42 Å². The molecule has 0 amide bonds. The van der Waals surface area contributed by atoms with E-state index in [9.17, 15) is 0 Å². The van der Waals surface area contributed by atoms with Crippen molar-refractivity contribution in [1.82, 2.24) is 4.98 Å². The minimum absolute atomic E-state index is 0.138. The van der Waals surface area contributed by atoms with Gasteiger partial charge in [0.05, 0.1) is 7.11 Å². The van der Waals surface area contributed by atoms with Gasteiger partial charge in [0, 0.05) is 5.41 Å². The van der Waals surface area contributed by atoms with Gasteiger partial charge < -0.3 is 9.15 Å². The summed E-state index contributed by atoms with van der Waals surface area (Å²) in [4.78, 5) is 3.87. The first-order chi connectivity index (χ1) is 5.45. The van der Waals surface area contributed by atoms with Crippen LogP contribution in [0, 0.1) is 0 Å². The van der Waals surface area contributed by atoms with Crippen molar-refractivity contribution in [3.63, 3.8) is 0 Å². The first-order valence-corrected chi connectivity index (χ1v) is 4.03. The van der Waals surface area contributed by atoms with Crippen LogP contribution in [0.2, 0.25) is 5.15 Å². The number of nitrogens with zero attached hydrogens (tertiary/aromatic N) is 1. The topological polar surface area (TPSA) is 35.3 Å². The molecule has 0 saturated carbocycles. The molecule has 68 valence electrons. The molecule has 0 N–H and O–H groups in total. The molecular weight excluding hydrogens is 178 g/mol. The quantitative estimate of drug-likeness (QED) is 0.681. The number of halogens is 1. The summed E-state index contributed by atoms with van der Waals surface area (Å²) in [6.07, 6.45) is 0.213. The van der Waals surface area contributed by atoms with Crippen LogP contribution in [0.3, 0.4) is 0 Å².